The number of likely N-dealkylation sites (tertiary alicyclic amines) is 1. The molecule has 0 radical (unpaired) electrons. The Morgan fingerprint density at radius 2 is 1.97 bits per heavy atom. The molecule has 0 bridgehead atoms. The van der Waals surface area contributed by atoms with Crippen LogP contribution in [-0.4, -0.2) is 45.9 Å². The van der Waals surface area contributed by atoms with Crippen LogP contribution < -0.4 is 4.90 Å². The number of rotatable bonds is 6. The number of aryl methyl sites for hydroxylation is 1. The van der Waals surface area contributed by atoms with Crippen LogP contribution in [-0.2, 0) is 27.3 Å². The highest BCUT2D eigenvalue weighted by Crippen LogP contribution is 2.35. The molecule has 7 nitrogen and oxygen atoms in total. The summed E-state index contributed by atoms with van der Waals surface area (Å²) < 4.78 is 18.8. The molecule has 2 aliphatic heterocycles. The van der Waals surface area contributed by atoms with Crippen molar-refractivity contribution in [3.63, 3.8) is 0 Å². The molecule has 1 aromatic carbocycles. The molecule has 2 aliphatic rings. The smallest absolute Gasteiger partial charge is 0.249 e. The number of carbonyl (C=O) groups is 2. The summed E-state index contributed by atoms with van der Waals surface area (Å²) in [5.41, 5.74) is 2.61. The molecule has 32 heavy (non-hydrogen) atoms. The monoisotopic (exact) mass is 440 g/mol. The first-order valence-electron chi connectivity index (χ1n) is 11.2. The maximum Gasteiger partial charge on any atom is 0.249 e. The van der Waals surface area contributed by atoms with Crippen LogP contribution in [0.1, 0.15) is 61.8 Å². The van der Waals surface area contributed by atoms with E-state index in [1.807, 2.05) is 20.8 Å². The Morgan fingerprint density at radius 3 is 2.69 bits per heavy atom. The average molecular weight is 441 g/mol. The molecule has 0 aliphatic carbocycles. The molecule has 1 fully saturated rings. The van der Waals surface area contributed by atoms with Gasteiger partial charge in [-0.2, -0.15) is 0 Å². The molecule has 4 rings (SSSR count). The summed E-state index contributed by atoms with van der Waals surface area (Å²) in [6.45, 7) is 6.72. The maximum absolute atomic E-state index is 13.3. The number of nitrogens with zero attached hydrogens (tertiary/aromatic N) is 4. The highest BCUT2D eigenvalue weighted by Gasteiger charge is 2.35. The fourth-order valence-electron chi connectivity index (χ4n) is 4.34. The van der Waals surface area contributed by atoms with Crippen molar-refractivity contribution in [3.8, 4) is 0 Å². The van der Waals surface area contributed by atoms with E-state index in [0.29, 0.717) is 37.6 Å². The van der Waals surface area contributed by atoms with Gasteiger partial charge in [-0.3, -0.25) is 14.5 Å². The van der Waals surface area contributed by atoms with Crippen molar-refractivity contribution in [1.29, 1.82) is 0 Å². The van der Waals surface area contributed by atoms with Gasteiger partial charge in [-0.15, -0.1) is 0 Å². The van der Waals surface area contributed by atoms with Crippen molar-refractivity contribution >= 4 is 17.6 Å². The van der Waals surface area contributed by atoms with Gasteiger partial charge >= 0.3 is 0 Å². The minimum Gasteiger partial charge on any atom is -0.369 e. The zero-order valence-corrected chi connectivity index (χ0v) is 18.8. The van der Waals surface area contributed by atoms with Gasteiger partial charge in [0.25, 0.3) is 0 Å². The third-order valence-corrected chi connectivity index (χ3v) is 6.02. The van der Waals surface area contributed by atoms with Crippen LogP contribution >= 0.6 is 0 Å². The molecule has 1 aromatic heterocycles. The number of benzene rings is 1. The zero-order valence-electron chi connectivity index (χ0n) is 18.8. The molecule has 2 aromatic rings. The lowest BCUT2D eigenvalue weighted by atomic mass is 10.0. The first kappa shape index (κ1) is 22.3. The van der Waals surface area contributed by atoms with E-state index in [1.54, 1.807) is 21.9 Å². The Labute approximate surface area is 187 Å². The molecule has 0 unspecified atom stereocenters. The van der Waals surface area contributed by atoms with E-state index in [-0.39, 0.29) is 36.4 Å². The van der Waals surface area contributed by atoms with E-state index in [1.165, 1.54) is 12.1 Å². The fourth-order valence-corrected chi connectivity index (χ4v) is 4.34. The number of amides is 2. The van der Waals surface area contributed by atoms with Gasteiger partial charge in [0.15, 0.2) is 5.82 Å². The molecule has 0 saturated carbocycles. The van der Waals surface area contributed by atoms with Crippen LogP contribution in [0.4, 0.5) is 10.2 Å². The van der Waals surface area contributed by atoms with E-state index < -0.39 is 0 Å². The van der Waals surface area contributed by atoms with Crippen molar-refractivity contribution in [3.05, 3.63) is 52.7 Å². The van der Waals surface area contributed by atoms with E-state index in [4.69, 9.17) is 14.7 Å². The number of aromatic nitrogens is 2. The lowest BCUT2D eigenvalue weighted by Crippen LogP contribution is -2.38. The van der Waals surface area contributed by atoms with Crippen molar-refractivity contribution in [1.82, 2.24) is 14.9 Å². The van der Waals surface area contributed by atoms with Gasteiger partial charge in [-0.05, 0) is 57.7 Å². The predicted octanol–water partition coefficient (Wildman–Crippen LogP) is 3.49. The summed E-state index contributed by atoms with van der Waals surface area (Å²) in [6.07, 6.45) is 2.61. The second-order valence-electron chi connectivity index (χ2n) is 8.68. The van der Waals surface area contributed by atoms with Crippen LogP contribution in [0.25, 0.3) is 0 Å². The minimum atomic E-state index is -0.313. The SMILES string of the molecule is Cc1nc([C@H]2CCCN2C(=O)COC(C)C)nc2c1CCC(=O)N2Cc1ccc(F)cc1. The van der Waals surface area contributed by atoms with E-state index >= 15 is 0 Å². The highest BCUT2D eigenvalue weighted by atomic mass is 19.1. The lowest BCUT2D eigenvalue weighted by Gasteiger charge is -2.31. The van der Waals surface area contributed by atoms with Gasteiger partial charge in [-0.1, -0.05) is 12.1 Å². The largest absolute Gasteiger partial charge is 0.369 e. The standard InChI is InChI=1S/C24H29FN4O3/c1-15(2)32-14-22(31)28-12-4-5-20(28)23-26-16(3)19-10-11-21(30)29(24(19)27-23)13-17-6-8-18(25)9-7-17/h6-9,15,20H,4-5,10-14H2,1-3H3/t20-/m1/s1. The lowest BCUT2D eigenvalue weighted by molar-refractivity contribution is -0.138. The number of halogens is 1. The van der Waals surface area contributed by atoms with Crippen molar-refractivity contribution in [2.24, 2.45) is 0 Å². The Hall–Kier alpha value is -2.87. The normalized spacial score (nSPS) is 18.4. The zero-order chi connectivity index (χ0) is 22.8. The Morgan fingerprint density at radius 1 is 1.22 bits per heavy atom. The number of hydrogen-bond acceptors (Lipinski definition) is 5. The third-order valence-electron chi connectivity index (χ3n) is 6.02. The summed E-state index contributed by atoms with van der Waals surface area (Å²) in [4.78, 5) is 38.6. The number of fused-ring (bicyclic) bond motifs is 1. The summed E-state index contributed by atoms with van der Waals surface area (Å²) in [5.74, 6) is 0.767. The van der Waals surface area contributed by atoms with Crippen molar-refractivity contribution < 1.29 is 18.7 Å². The second kappa shape index (κ2) is 9.32. The van der Waals surface area contributed by atoms with E-state index in [9.17, 15) is 14.0 Å². The van der Waals surface area contributed by atoms with Gasteiger partial charge in [0.2, 0.25) is 11.8 Å². The quantitative estimate of drug-likeness (QED) is 0.687. The molecule has 1 saturated heterocycles. The molecule has 170 valence electrons. The molecular weight excluding hydrogens is 411 g/mol. The predicted molar refractivity (Wildman–Crippen MR) is 117 cm³/mol. The second-order valence-corrected chi connectivity index (χ2v) is 8.68. The third kappa shape index (κ3) is 4.65. The summed E-state index contributed by atoms with van der Waals surface area (Å²) in [6, 6.07) is 5.91. The first-order valence-corrected chi connectivity index (χ1v) is 11.2. The average Bonchev–Trinajstić information content (AvgIpc) is 3.25. The van der Waals surface area contributed by atoms with Crippen molar-refractivity contribution in [2.75, 3.05) is 18.1 Å². The molecule has 1 atom stereocenters. The van der Waals surface area contributed by atoms with Crippen LogP contribution in [0.3, 0.4) is 0 Å². The number of anilines is 1. The van der Waals surface area contributed by atoms with Crippen LogP contribution in [0.15, 0.2) is 24.3 Å². The summed E-state index contributed by atoms with van der Waals surface area (Å²) in [7, 11) is 0. The summed E-state index contributed by atoms with van der Waals surface area (Å²) >= 11 is 0. The molecule has 2 amide bonds. The Balaban J connectivity index is 1.64. The van der Waals surface area contributed by atoms with Crippen LogP contribution in [0, 0.1) is 12.7 Å². The number of hydrogen-bond donors (Lipinski definition) is 0. The highest BCUT2D eigenvalue weighted by molar-refractivity contribution is 5.95. The van der Waals surface area contributed by atoms with Gasteiger partial charge < -0.3 is 9.64 Å². The maximum atomic E-state index is 13.3. The molecule has 0 N–H and O–H groups in total. The molecular formula is C24H29FN4O3. The van der Waals surface area contributed by atoms with Crippen LogP contribution in [0.5, 0.6) is 0 Å². The van der Waals surface area contributed by atoms with Gasteiger partial charge in [0.05, 0.1) is 18.7 Å². The fraction of sp³-hybridized carbons (Fsp3) is 0.500. The van der Waals surface area contributed by atoms with Crippen LogP contribution in [0.2, 0.25) is 0 Å². The summed E-state index contributed by atoms with van der Waals surface area (Å²) in [5, 5.41) is 0. The van der Waals surface area contributed by atoms with E-state index in [2.05, 4.69) is 0 Å². The van der Waals surface area contributed by atoms with Gasteiger partial charge in [0.1, 0.15) is 18.2 Å². The minimum absolute atomic E-state index is 0.0180. The number of carbonyl (C=O) groups excluding carboxylic acids is 2. The van der Waals surface area contributed by atoms with Gasteiger partial charge in [0, 0.05) is 24.2 Å². The first-order chi connectivity index (χ1) is 15.3. The molecule has 3 heterocycles. The molecule has 8 heteroatoms. The van der Waals surface area contributed by atoms with Crippen molar-refractivity contribution in [2.45, 2.75) is 65.1 Å². The van der Waals surface area contributed by atoms with Gasteiger partial charge in [-0.25, -0.2) is 14.4 Å². The Bertz CT molecular complexity index is 1010. The Kier molecular flexibility index (Phi) is 6.50. The number of ether oxygens (including phenoxy) is 1. The topological polar surface area (TPSA) is 75.6 Å². The van der Waals surface area contributed by atoms with E-state index in [0.717, 1.165) is 29.7 Å². The molecule has 0 spiro atoms.